The van der Waals surface area contributed by atoms with Crippen molar-refractivity contribution in [2.24, 2.45) is 5.14 Å². The first kappa shape index (κ1) is 14.0. The first-order valence-corrected chi connectivity index (χ1v) is 6.61. The Balaban J connectivity index is 3.51. The number of hydrogen-bond acceptors (Lipinski definition) is 3. The predicted molar refractivity (Wildman–Crippen MR) is 65.6 cm³/mol. The lowest BCUT2D eigenvalue weighted by molar-refractivity contribution is 0.0826. The summed E-state index contributed by atoms with van der Waals surface area (Å²) in [6, 6.07) is 2.47. The van der Waals surface area contributed by atoms with Gasteiger partial charge in [0.05, 0.1) is 4.90 Å². The van der Waals surface area contributed by atoms with Crippen LogP contribution < -0.4 is 5.14 Å². The van der Waals surface area contributed by atoms with E-state index in [2.05, 4.69) is 0 Å². The van der Waals surface area contributed by atoms with Gasteiger partial charge in [-0.3, -0.25) is 4.79 Å². The van der Waals surface area contributed by atoms with Gasteiger partial charge >= 0.3 is 0 Å². The topological polar surface area (TPSA) is 80.5 Å². The summed E-state index contributed by atoms with van der Waals surface area (Å²) < 4.78 is 22.5. The molecule has 1 aromatic rings. The fourth-order valence-corrected chi connectivity index (χ4v) is 2.13. The largest absolute Gasteiger partial charge is 0.345 e. The van der Waals surface area contributed by atoms with Gasteiger partial charge in [-0.05, 0) is 24.6 Å². The highest BCUT2D eigenvalue weighted by Crippen LogP contribution is 2.24. The number of nitrogens with zero attached hydrogens (tertiary/aromatic N) is 1. The highest BCUT2D eigenvalue weighted by Gasteiger charge is 2.18. The van der Waals surface area contributed by atoms with E-state index in [-0.39, 0.29) is 21.4 Å². The molecule has 0 unspecified atom stereocenters. The molecule has 0 bridgehead atoms. The van der Waals surface area contributed by atoms with Crippen molar-refractivity contribution < 1.29 is 13.2 Å². The second-order valence-electron chi connectivity index (χ2n) is 3.82. The van der Waals surface area contributed by atoms with Crippen LogP contribution in [0.5, 0.6) is 0 Å². The number of amides is 1. The Morgan fingerprint density at radius 1 is 1.35 bits per heavy atom. The molecule has 1 amide bonds. The van der Waals surface area contributed by atoms with Gasteiger partial charge in [-0.1, -0.05) is 11.6 Å². The molecule has 0 spiro atoms. The number of carbonyl (C=O) groups excluding carboxylic acids is 1. The molecule has 0 fully saturated rings. The van der Waals surface area contributed by atoms with Gasteiger partial charge in [0.1, 0.15) is 0 Å². The SMILES string of the molecule is Cc1c(Cl)cc(S(N)(=O)=O)cc1C(=O)N(C)C. The van der Waals surface area contributed by atoms with Gasteiger partial charge in [0, 0.05) is 24.7 Å². The monoisotopic (exact) mass is 276 g/mol. The van der Waals surface area contributed by atoms with E-state index in [0.29, 0.717) is 5.56 Å². The summed E-state index contributed by atoms with van der Waals surface area (Å²) in [6.45, 7) is 1.64. The van der Waals surface area contributed by atoms with E-state index in [4.69, 9.17) is 16.7 Å². The molecule has 0 aliphatic heterocycles. The molecule has 0 aliphatic carbocycles. The minimum atomic E-state index is -3.88. The highest BCUT2D eigenvalue weighted by molar-refractivity contribution is 7.89. The fraction of sp³-hybridized carbons (Fsp3) is 0.300. The van der Waals surface area contributed by atoms with Crippen LogP contribution in [0.4, 0.5) is 0 Å². The van der Waals surface area contributed by atoms with Crippen LogP contribution in [0, 0.1) is 6.92 Å². The number of rotatable bonds is 2. The van der Waals surface area contributed by atoms with Gasteiger partial charge < -0.3 is 4.90 Å². The molecule has 0 radical (unpaired) electrons. The molecule has 0 aliphatic rings. The second-order valence-corrected chi connectivity index (χ2v) is 5.79. The Morgan fingerprint density at radius 3 is 2.29 bits per heavy atom. The molecule has 0 atom stereocenters. The molecule has 1 aromatic carbocycles. The van der Waals surface area contributed by atoms with Crippen molar-refractivity contribution in [2.45, 2.75) is 11.8 Å². The van der Waals surface area contributed by atoms with E-state index in [1.165, 1.54) is 17.0 Å². The van der Waals surface area contributed by atoms with Crippen LogP contribution in [0.25, 0.3) is 0 Å². The van der Waals surface area contributed by atoms with E-state index in [1.54, 1.807) is 21.0 Å². The fourth-order valence-electron chi connectivity index (χ4n) is 1.28. The van der Waals surface area contributed by atoms with E-state index in [9.17, 15) is 13.2 Å². The molecule has 0 aromatic heterocycles. The molecule has 7 heteroatoms. The summed E-state index contributed by atoms with van der Waals surface area (Å²) in [5, 5.41) is 5.21. The Labute approximate surface area is 105 Å². The molecule has 0 heterocycles. The first-order valence-electron chi connectivity index (χ1n) is 4.69. The maximum Gasteiger partial charge on any atom is 0.253 e. The third-order valence-corrected chi connectivity index (χ3v) is 3.57. The normalized spacial score (nSPS) is 11.4. The zero-order valence-electron chi connectivity index (χ0n) is 9.69. The second kappa shape index (κ2) is 4.64. The van der Waals surface area contributed by atoms with Crippen LogP contribution in [0.2, 0.25) is 5.02 Å². The molecular weight excluding hydrogens is 264 g/mol. The summed E-state index contributed by atoms with van der Waals surface area (Å²) in [5.41, 5.74) is 0.754. The van der Waals surface area contributed by atoms with Gasteiger partial charge in [-0.25, -0.2) is 13.6 Å². The van der Waals surface area contributed by atoms with Gasteiger partial charge in [-0.15, -0.1) is 0 Å². The minimum Gasteiger partial charge on any atom is -0.345 e. The van der Waals surface area contributed by atoms with Crippen LogP contribution in [0.3, 0.4) is 0 Å². The molecule has 94 valence electrons. The molecule has 5 nitrogen and oxygen atoms in total. The highest BCUT2D eigenvalue weighted by atomic mass is 35.5. The minimum absolute atomic E-state index is 0.168. The first-order chi connectivity index (χ1) is 7.64. The van der Waals surface area contributed by atoms with Crippen molar-refractivity contribution in [3.8, 4) is 0 Å². The maximum absolute atomic E-state index is 11.8. The number of sulfonamides is 1. The van der Waals surface area contributed by atoms with E-state index < -0.39 is 10.0 Å². The third-order valence-electron chi connectivity index (χ3n) is 2.28. The van der Waals surface area contributed by atoms with Crippen molar-refractivity contribution >= 4 is 27.5 Å². The average Bonchev–Trinajstić information content (AvgIpc) is 2.19. The van der Waals surface area contributed by atoms with Gasteiger partial charge in [0.15, 0.2) is 0 Å². The maximum atomic E-state index is 11.8. The van der Waals surface area contributed by atoms with Crippen LogP contribution in [-0.2, 0) is 10.0 Å². The van der Waals surface area contributed by atoms with Crippen molar-refractivity contribution in [2.75, 3.05) is 14.1 Å². The smallest absolute Gasteiger partial charge is 0.253 e. The lowest BCUT2D eigenvalue weighted by Gasteiger charge is -2.14. The molecular formula is C10H13ClN2O3S. The molecule has 0 saturated heterocycles. The van der Waals surface area contributed by atoms with Gasteiger partial charge in [0.2, 0.25) is 10.0 Å². The zero-order valence-corrected chi connectivity index (χ0v) is 11.3. The zero-order chi connectivity index (χ0) is 13.4. The van der Waals surface area contributed by atoms with E-state index in [0.717, 1.165) is 0 Å². The third kappa shape index (κ3) is 2.96. The van der Waals surface area contributed by atoms with Gasteiger partial charge in [0.25, 0.3) is 5.91 Å². The molecule has 0 saturated carbocycles. The number of nitrogens with two attached hydrogens (primary N) is 1. The summed E-state index contributed by atoms with van der Waals surface area (Å²) in [5.74, 6) is -0.324. The molecule has 2 N–H and O–H groups in total. The van der Waals surface area contributed by atoms with Crippen molar-refractivity contribution in [1.29, 1.82) is 0 Å². The van der Waals surface area contributed by atoms with E-state index in [1.807, 2.05) is 0 Å². The van der Waals surface area contributed by atoms with Crippen LogP contribution >= 0.6 is 11.6 Å². The lowest BCUT2D eigenvalue weighted by Crippen LogP contribution is -2.23. The Kier molecular flexibility index (Phi) is 3.81. The van der Waals surface area contributed by atoms with Crippen molar-refractivity contribution in [3.63, 3.8) is 0 Å². The number of primary sulfonamides is 1. The van der Waals surface area contributed by atoms with Crippen LogP contribution in [-0.4, -0.2) is 33.3 Å². The van der Waals surface area contributed by atoms with Gasteiger partial charge in [-0.2, -0.15) is 0 Å². The quantitative estimate of drug-likeness (QED) is 0.875. The lowest BCUT2D eigenvalue weighted by atomic mass is 10.1. The number of benzene rings is 1. The Morgan fingerprint density at radius 2 is 1.88 bits per heavy atom. The van der Waals surface area contributed by atoms with E-state index >= 15 is 0 Å². The predicted octanol–water partition coefficient (Wildman–Crippen LogP) is 0.998. The Hall–Kier alpha value is -1.11. The summed E-state index contributed by atoms with van der Waals surface area (Å²) in [4.78, 5) is 13.0. The van der Waals surface area contributed by atoms with Crippen LogP contribution in [0.1, 0.15) is 15.9 Å². The summed E-state index contributed by atoms with van der Waals surface area (Å²) in [6.07, 6.45) is 0. The number of carbonyl (C=O) groups is 1. The summed E-state index contributed by atoms with van der Waals surface area (Å²) >= 11 is 5.88. The molecule has 17 heavy (non-hydrogen) atoms. The number of halogens is 1. The number of hydrogen-bond donors (Lipinski definition) is 1. The average molecular weight is 277 g/mol. The van der Waals surface area contributed by atoms with Crippen molar-refractivity contribution in [3.05, 3.63) is 28.3 Å². The Bertz CT molecular complexity index is 567. The van der Waals surface area contributed by atoms with Crippen LogP contribution in [0.15, 0.2) is 17.0 Å². The van der Waals surface area contributed by atoms with Crippen molar-refractivity contribution in [1.82, 2.24) is 4.90 Å². The molecule has 1 rings (SSSR count). The summed E-state index contributed by atoms with van der Waals surface area (Å²) in [7, 11) is -0.741. The standard InChI is InChI=1S/C10H13ClN2O3S/c1-6-8(10(14)13(2)3)4-7(5-9(6)11)17(12,15)16/h4-5H,1-3H3,(H2,12,15,16).